The number of carbonyl (C=O) groups excluding carboxylic acids is 2. The lowest BCUT2D eigenvalue weighted by atomic mass is 10.1. The molecule has 0 spiro atoms. The Hall–Kier alpha value is -2.17. The molecule has 17 heavy (non-hydrogen) atoms. The number of hydrogen-bond donors (Lipinski definition) is 1. The molecule has 0 aliphatic rings. The molecule has 1 amide bonds. The van der Waals surface area contributed by atoms with E-state index in [-0.39, 0.29) is 0 Å². The summed E-state index contributed by atoms with van der Waals surface area (Å²) in [5.74, 6) is -2.87. The number of methoxy groups -OCH3 is 1. The van der Waals surface area contributed by atoms with E-state index in [0.29, 0.717) is 5.56 Å². The van der Waals surface area contributed by atoms with Gasteiger partial charge in [-0.15, -0.1) is 0 Å². The second kappa shape index (κ2) is 5.79. The van der Waals surface area contributed by atoms with Gasteiger partial charge in [-0.05, 0) is 5.56 Å². The van der Waals surface area contributed by atoms with Gasteiger partial charge in [0, 0.05) is 0 Å². The van der Waals surface area contributed by atoms with E-state index in [1.54, 1.807) is 30.3 Å². The molecule has 1 aromatic rings. The highest BCUT2D eigenvalue weighted by molar-refractivity contribution is 5.94. The molecule has 1 N–H and O–H groups in total. The second-order valence-electron chi connectivity index (χ2n) is 3.25. The molecule has 5 heteroatoms. The van der Waals surface area contributed by atoms with Crippen LogP contribution in [-0.2, 0) is 14.3 Å². The van der Waals surface area contributed by atoms with Crippen LogP contribution in [0.1, 0.15) is 11.6 Å². The number of amides is 1. The summed E-state index contributed by atoms with van der Waals surface area (Å²) in [6.45, 7) is 2.86. The highest BCUT2D eigenvalue weighted by atomic mass is 19.1. The number of ether oxygens (including phenoxy) is 1. The molecule has 0 unspecified atom stereocenters. The lowest BCUT2D eigenvalue weighted by Gasteiger charge is -2.15. The summed E-state index contributed by atoms with van der Waals surface area (Å²) in [5, 5.41) is 2.20. The van der Waals surface area contributed by atoms with Crippen LogP contribution in [0.3, 0.4) is 0 Å². The third-order valence-corrected chi connectivity index (χ3v) is 2.09. The normalized spacial score (nSPS) is 11.4. The minimum Gasteiger partial charge on any atom is -0.467 e. The van der Waals surface area contributed by atoms with Gasteiger partial charge in [0.25, 0.3) is 5.91 Å². The standard InChI is InChI=1S/C12H12FNO3/c1-8(13)11(15)14-10(12(16)17-2)9-6-4-3-5-7-9/h3-7,10H,1H2,2H3,(H,14,15)/t10-/m0/s1. The SMILES string of the molecule is C=C(F)C(=O)N[C@H](C(=O)OC)c1ccccc1. The van der Waals surface area contributed by atoms with E-state index >= 15 is 0 Å². The van der Waals surface area contributed by atoms with E-state index in [1.807, 2.05) is 0 Å². The molecule has 1 rings (SSSR count). The molecule has 1 aromatic carbocycles. The molecule has 0 aliphatic carbocycles. The van der Waals surface area contributed by atoms with Crippen LogP contribution in [-0.4, -0.2) is 19.0 Å². The highest BCUT2D eigenvalue weighted by Crippen LogP contribution is 2.14. The summed E-state index contributed by atoms with van der Waals surface area (Å²) in [5.41, 5.74) is 0.508. The molecule has 90 valence electrons. The lowest BCUT2D eigenvalue weighted by molar-refractivity contribution is -0.145. The molecule has 0 aromatic heterocycles. The molecule has 0 heterocycles. The van der Waals surface area contributed by atoms with E-state index in [9.17, 15) is 14.0 Å². The van der Waals surface area contributed by atoms with Gasteiger partial charge in [0.15, 0.2) is 11.9 Å². The number of esters is 1. The smallest absolute Gasteiger partial charge is 0.333 e. The van der Waals surface area contributed by atoms with E-state index in [2.05, 4.69) is 16.6 Å². The average molecular weight is 237 g/mol. The minimum atomic E-state index is -1.16. The monoisotopic (exact) mass is 237 g/mol. The van der Waals surface area contributed by atoms with Gasteiger partial charge in [0.05, 0.1) is 7.11 Å². The predicted octanol–water partition coefficient (Wildman–Crippen LogP) is 1.50. The van der Waals surface area contributed by atoms with Gasteiger partial charge < -0.3 is 10.1 Å². The first-order valence-corrected chi connectivity index (χ1v) is 4.84. The van der Waals surface area contributed by atoms with Crippen molar-refractivity contribution in [2.45, 2.75) is 6.04 Å². The number of carbonyl (C=O) groups is 2. The molecular weight excluding hydrogens is 225 g/mol. The van der Waals surface area contributed by atoms with Crippen LogP contribution < -0.4 is 5.32 Å². The van der Waals surface area contributed by atoms with Gasteiger partial charge in [-0.2, -0.15) is 0 Å². The quantitative estimate of drug-likeness (QED) is 0.637. The fourth-order valence-electron chi connectivity index (χ4n) is 1.25. The van der Waals surface area contributed by atoms with Gasteiger partial charge >= 0.3 is 5.97 Å². The maximum absolute atomic E-state index is 12.6. The van der Waals surface area contributed by atoms with Crippen LogP contribution in [0.15, 0.2) is 42.7 Å². The molecule has 0 saturated heterocycles. The van der Waals surface area contributed by atoms with Crippen LogP contribution in [0.2, 0.25) is 0 Å². The zero-order valence-corrected chi connectivity index (χ0v) is 9.27. The number of rotatable bonds is 4. The van der Waals surface area contributed by atoms with Crippen LogP contribution >= 0.6 is 0 Å². The second-order valence-corrected chi connectivity index (χ2v) is 3.25. The Balaban J connectivity index is 2.93. The summed E-state index contributed by atoms with van der Waals surface area (Å²) >= 11 is 0. The van der Waals surface area contributed by atoms with Crippen LogP contribution in [0.25, 0.3) is 0 Å². The van der Waals surface area contributed by atoms with Crippen molar-refractivity contribution < 1.29 is 18.7 Å². The highest BCUT2D eigenvalue weighted by Gasteiger charge is 2.24. The average Bonchev–Trinajstić information content (AvgIpc) is 2.35. The summed E-state index contributed by atoms with van der Waals surface area (Å²) in [4.78, 5) is 22.6. The zero-order valence-electron chi connectivity index (χ0n) is 9.27. The van der Waals surface area contributed by atoms with Crippen LogP contribution in [0.4, 0.5) is 4.39 Å². The topological polar surface area (TPSA) is 55.4 Å². The Bertz CT molecular complexity index is 431. The number of halogens is 1. The summed E-state index contributed by atoms with van der Waals surface area (Å²) in [7, 11) is 1.19. The van der Waals surface area contributed by atoms with Crippen molar-refractivity contribution in [3.63, 3.8) is 0 Å². The van der Waals surface area contributed by atoms with Gasteiger partial charge in [-0.3, -0.25) is 4.79 Å². The number of benzene rings is 1. The first kappa shape index (κ1) is 12.9. The Morgan fingerprint density at radius 2 is 1.94 bits per heavy atom. The van der Waals surface area contributed by atoms with E-state index in [0.717, 1.165) is 0 Å². The maximum atomic E-state index is 12.6. The van der Waals surface area contributed by atoms with Gasteiger partial charge in [0.1, 0.15) is 0 Å². The fourth-order valence-corrected chi connectivity index (χ4v) is 1.25. The molecule has 0 radical (unpaired) electrons. The molecule has 1 atom stereocenters. The largest absolute Gasteiger partial charge is 0.467 e. The summed E-state index contributed by atoms with van der Waals surface area (Å²) in [6.07, 6.45) is 0. The first-order chi connectivity index (χ1) is 8.06. The van der Waals surface area contributed by atoms with Crippen molar-refractivity contribution in [1.82, 2.24) is 5.32 Å². The Morgan fingerprint density at radius 3 is 2.41 bits per heavy atom. The van der Waals surface area contributed by atoms with Crippen molar-refractivity contribution in [1.29, 1.82) is 0 Å². The van der Waals surface area contributed by atoms with Crippen LogP contribution in [0.5, 0.6) is 0 Å². The third-order valence-electron chi connectivity index (χ3n) is 2.09. The number of nitrogens with one attached hydrogen (secondary N) is 1. The Morgan fingerprint density at radius 1 is 1.35 bits per heavy atom. The molecule has 4 nitrogen and oxygen atoms in total. The lowest BCUT2D eigenvalue weighted by Crippen LogP contribution is -2.34. The Kier molecular flexibility index (Phi) is 4.39. The first-order valence-electron chi connectivity index (χ1n) is 4.84. The van der Waals surface area contributed by atoms with Crippen molar-refractivity contribution in [3.8, 4) is 0 Å². The minimum absolute atomic E-state index is 0.508. The molecule has 0 bridgehead atoms. The molecule has 0 saturated carbocycles. The van der Waals surface area contributed by atoms with Crippen molar-refractivity contribution in [3.05, 3.63) is 48.3 Å². The molecule has 0 fully saturated rings. The van der Waals surface area contributed by atoms with E-state index in [4.69, 9.17) is 0 Å². The van der Waals surface area contributed by atoms with Crippen molar-refractivity contribution in [2.75, 3.05) is 7.11 Å². The predicted molar refractivity (Wildman–Crippen MR) is 59.6 cm³/mol. The molecular formula is C12H12FNO3. The molecule has 0 aliphatic heterocycles. The Labute approximate surface area is 98.1 Å². The fraction of sp³-hybridized carbons (Fsp3) is 0.167. The van der Waals surface area contributed by atoms with Crippen molar-refractivity contribution >= 4 is 11.9 Å². The number of hydrogen-bond acceptors (Lipinski definition) is 3. The van der Waals surface area contributed by atoms with Gasteiger partial charge in [-0.25, -0.2) is 9.18 Å². The summed E-state index contributed by atoms with van der Waals surface area (Å²) in [6, 6.07) is 7.37. The van der Waals surface area contributed by atoms with E-state index < -0.39 is 23.7 Å². The maximum Gasteiger partial charge on any atom is 0.333 e. The van der Waals surface area contributed by atoms with Crippen molar-refractivity contribution in [2.24, 2.45) is 0 Å². The van der Waals surface area contributed by atoms with Crippen LogP contribution in [0, 0.1) is 0 Å². The third kappa shape index (κ3) is 3.41. The zero-order chi connectivity index (χ0) is 12.8. The van der Waals surface area contributed by atoms with E-state index in [1.165, 1.54) is 7.11 Å². The van der Waals surface area contributed by atoms with Gasteiger partial charge in [-0.1, -0.05) is 36.9 Å². The van der Waals surface area contributed by atoms with Gasteiger partial charge in [0.2, 0.25) is 0 Å². The summed E-state index contributed by atoms with van der Waals surface area (Å²) < 4.78 is 17.1.